The molecule has 0 atom stereocenters. The molecule has 3 rings (SSSR count). The highest BCUT2D eigenvalue weighted by Crippen LogP contribution is 2.43. The van der Waals surface area contributed by atoms with Gasteiger partial charge in [0.2, 0.25) is 10.0 Å². The van der Waals surface area contributed by atoms with E-state index in [0.29, 0.717) is 18.8 Å². The van der Waals surface area contributed by atoms with Crippen molar-refractivity contribution in [2.24, 2.45) is 5.41 Å². The number of halogens is 1. The predicted molar refractivity (Wildman–Crippen MR) is 121 cm³/mol. The van der Waals surface area contributed by atoms with Gasteiger partial charge in [0.25, 0.3) is 0 Å². The Bertz CT molecular complexity index is 975. The molecule has 0 unspecified atom stereocenters. The molecule has 1 fully saturated rings. The summed E-state index contributed by atoms with van der Waals surface area (Å²) in [4.78, 5) is 0.282. The van der Waals surface area contributed by atoms with Crippen LogP contribution in [-0.2, 0) is 23.1 Å². The molecule has 0 radical (unpaired) electrons. The first-order chi connectivity index (χ1) is 13.7. The number of nitrogens with one attached hydrogen (secondary N) is 2. The van der Waals surface area contributed by atoms with Crippen LogP contribution in [0.4, 0.5) is 5.69 Å². The fraction of sp³-hybridized carbons (Fsp3) is 0.571. The maximum atomic E-state index is 13.1. The summed E-state index contributed by atoms with van der Waals surface area (Å²) in [5.41, 5.74) is 3.88. The van der Waals surface area contributed by atoms with Crippen molar-refractivity contribution in [2.45, 2.75) is 71.4 Å². The zero-order valence-electron chi connectivity index (χ0n) is 17.7. The van der Waals surface area contributed by atoms with Crippen molar-refractivity contribution in [3.8, 4) is 0 Å². The summed E-state index contributed by atoms with van der Waals surface area (Å²) in [6.45, 7) is 10.1. The Morgan fingerprint density at radius 3 is 2.52 bits per heavy atom. The lowest BCUT2D eigenvalue weighted by Gasteiger charge is -2.41. The molecule has 1 aliphatic rings. The maximum absolute atomic E-state index is 13.1. The lowest BCUT2D eigenvalue weighted by molar-refractivity contribution is 0.133. The van der Waals surface area contributed by atoms with Gasteiger partial charge in [-0.15, -0.1) is 0 Å². The van der Waals surface area contributed by atoms with E-state index in [1.54, 1.807) is 12.1 Å². The summed E-state index contributed by atoms with van der Waals surface area (Å²) in [5, 5.41) is 7.88. The molecule has 0 bridgehead atoms. The molecule has 0 saturated heterocycles. The highest BCUT2D eigenvalue weighted by Gasteiger charge is 2.36. The summed E-state index contributed by atoms with van der Waals surface area (Å²) in [7, 11) is -3.61. The minimum absolute atomic E-state index is 0.124. The van der Waals surface area contributed by atoms with Gasteiger partial charge in [-0.1, -0.05) is 29.3 Å². The molecule has 2 N–H and O–H groups in total. The van der Waals surface area contributed by atoms with E-state index in [1.165, 1.54) is 6.42 Å². The van der Waals surface area contributed by atoms with Crippen LogP contribution < -0.4 is 10.0 Å². The van der Waals surface area contributed by atoms with Crippen molar-refractivity contribution in [2.75, 3.05) is 11.9 Å². The first-order valence-corrected chi connectivity index (χ1v) is 12.5. The molecule has 29 heavy (non-hydrogen) atoms. The van der Waals surface area contributed by atoms with E-state index in [1.807, 2.05) is 24.6 Å². The van der Waals surface area contributed by atoms with E-state index in [9.17, 15) is 8.42 Å². The van der Waals surface area contributed by atoms with E-state index in [-0.39, 0.29) is 10.3 Å². The summed E-state index contributed by atoms with van der Waals surface area (Å²) >= 11 is 3.46. The minimum Gasteiger partial charge on any atom is -0.380 e. The van der Waals surface area contributed by atoms with Crippen LogP contribution in [0.1, 0.15) is 56.5 Å². The van der Waals surface area contributed by atoms with Gasteiger partial charge in [-0.05, 0) is 63.6 Å². The smallest absolute Gasteiger partial charge is 0.242 e. The zero-order chi connectivity index (χ0) is 21.2. The van der Waals surface area contributed by atoms with E-state index < -0.39 is 10.0 Å². The average Bonchev–Trinajstić information content (AvgIpc) is 2.92. The Hall–Kier alpha value is -1.38. The van der Waals surface area contributed by atoms with Gasteiger partial charge < -0.3 is 5.32 Å². The van der Waals surface area contributed by atoms with E-state index in [0.717, 1.165) is 47.2 Å². The van der Waals surface area contributed by atoms with Crippen LogP contribution in [0.15, 0.2) is 27.6 Å². The van der Waals surface area contributed by atoms with Crippen molar-refractivity contribution in [3.63, 3.8) is 0 Å². The monoisotopic (exact) mass is 482 g/mol. The number of hydrogen-bond donors (Lipinski definition) is 2. The molecule has 8 heteroatoms. The third-order valence-electron chi connectivity index (χ3n) is 6.32. The van der Waals surface area contributed by atoms with Crippen LogP contribution in [-0.4, -0.2) is 24.7 Å². The number of nitrogens with zero attached hydrogens (tertiary/aromatic N) is 2. The Balaban J connectivity index is 1.81. The quantitative estimate of drug-likeness (QED) is 0.540. The summed E-state index contributed by atoms with van der Waals surface area (Å²) in [6, 6.07) is 5.25. The van der Waals surface area contributed by atoms with Gasteiger partial charge in [0.1, 0.15) is 4.90 Å². The molecule has 160 valence electrons. The summed E-state index contributed by atoms with van der Waals surface area (Å²) in [6.07, 6.45) is 4.38. The first-order valence-electron chi connectivity index (χ1n) is 10.3. The Morgan fingerprint density at radius 2 is 1.97 bits per heavy atom. The molecule has 1 aromatic carbocycles. The van der Waals surface area contributed by atoms with Crippen molar-refractivity contribution < 1.29 is 8.42 Å². The second-order valence-corrected chi connectivity index (χ2v) is 10.6. The van der Waals surface area contributed by atoms with Crippen molar-refractivity contribution in [3.05, 3.63) is 39.6 Å². The van der Waals surface area contributed by atoms with Gasteiger partial charge in [0.05, 0.1) is 11.4 Å². The molecule has 0 spiro atoms. The van der Waals surface area contributed by atoms with E-state index >= 15 is 0 Å². The van der Waals surface area contributed by atoms with Crippen LogP contribution >= 0.6 is 15.9 Å². The normalized spacial score (nSPS) is 15.9. The number of anilines is 1. The van der Waals surface area contributed by atoms with Gasteiger partial charge in [0.15, 0.2) is 0 Å². The van der Waals surface area contributed by atoms with Gasteiger partial charge in [-0.25, -0.2) is 13.1 Å². The molecule has 2 aromatic rings. The Labute approximate surface area is 182 Å². The molecule has 1 aromatic heterocycles. The lowest BCUT2D eigenvalue weighted by atomic mass is 9.67. The zero-order valence-corrected chi connectivity index (χ0v) is 20.1. The molecule has 1 aliphatic carbocycles. The fourth-order valence-corrected chi connectivity index (χ4v) is 5.69. The third kappa shape index (κ3) is 4.70. The Morgan fingerprint density at radius 1 is 1.24 bits per heavy atom. The van der Waals surface area contributed by atoms with Crippen LogP contribution in [0.5, 0.6) is 0 Å². The number of benzene rings is 1. The van der Waals surface area contributed by atoms with Crippen LogP contribution in [0.2, 0.25) is 0 Å². The summed E-state index contributed by atoms with van der Waals surface area (Å²) in [5.74, 6) is 0. The van der Waals surface area contributed by atoms with Gasteiger partial charge >= 0.3 is 0 Å². The number of sulfonamides is 1. The van der Waals surface area contributed by atoms with Gasteiger partial charge in [-0.2, -0.15) is 5.10 Å². The highest BCUT2D eigenvalue weighted by molar-refractivity contribution is 9.10. The van der Waals surface area contributed by atoms with Crippen LogP contribution in [0, 0.1) is 19.3 Å². The number of aryl methyl sites for hydroxylation is 2. The fourth-order valence-electron chi connectivity index (χ4n) is 4.01. The lowest BCUT2D eigenvalue weighted by Crippen LogP contribution is -2.41. The van der Waals surface area contributed by atoms with Crippen molar-refractivity contribution in [1.82, 2.24) is 14.5 Å². The highest BCUT2D eigenvalue weighted by atomic mass is 79.9. The van der Waals surface area contributed by atoms with Crippen molar-refractivity contribution in [1.29, 1.82) is 0 Å². The molecule has 0 aliphatic heterocycles. The second kappa shape index (κ2) is 8.78. The first kappa shape index (κ1) is 22.3. The average molecular weight is 483 g/mol. The Kier molecular flexibility index (Phi) is 6.75. The molecule has 1 heterocycles. The van der Waals surface area contributed by atoms with E-state index in [4.69, 9.17) is 0 Å². The van der Waals surface area contributed by atoms with Crippen LogP contribution in [0.3, 0.4) is 0 Å². The molecular weight excluding hydrogens is 452 g/mol. The number of aromatic nitrogens is 2. The predicted octanol–water partition coefficient (Wildman–Crippen LogP) is 4.75. The molecule has 1 saturated carbocycles. The molecule has 6 nitrogen and oxygen atoms in total. The molecular formula is C21H31BrN4O2S. The van der Waals surface area contributed by atoms with Gasteiger partial charge in [-0.3, -0.25) is 4.68 Å². The number of hydrogen-bond acceptors (Lipinski definition) is 4. The topological polar surface area (TPSA) is 76.0 Å². The standard InChI is InChI=1S/C21H31BrN4O2S/c1-5-21(10-7-11-21)14-24-29(27,28)20-9-8-17(22)12-19(20)23-13-18-15(3)25-26(6-2)16(18)4/h8-9,12,23-24H,5-7,10-11,13-14H2,1-4H3. The third-order valence-corrected chi connectivity index (χ3v) is 8.27. The summed E-state index contributed by atoms with van der Waals surface area (Å²) < 4.78 is 31.8. The largest absolute Gasteiger partial charge is 0.380 e. The van der Waals surface area contributed by atoms with Crippen molar-refractivity contribution >= 4 is 31.6 Å². The minimum atomic E-state index is -3.61. The SMILES string of the molecule is CCn1nc(C)c(CNc2cc(Br)ccc2S(=O)(=O)NCC2(CC)CCC2)c1C. The van der Waals surface area contributed by atoms with Crippen LogP contribution in [0.25, 0.3) is 0 Å². The maximum Gasteiger partial charge on any atom is 0.242 e. The number of rotatable bonds is 9. The van der Waals surface area contributed by atoms with E-state index in [2.05, 4.69) is 44.9 Å². The van der Waals surface area contributed by atoms with Gasteiger partial charge in [0, 0.05) is 35.4 Å². The second-order valence-electron chi connectivity index (χ2n) is 7.99. The molecule has 0 amide bonds.